The van der Waals surface area contributed by atoms with Gasteiger partial charge in [0.2, 0.25) is 5.91 Å². The fraction of sp³-hybridized carbons (Fsp3) is 0.500. The summed E-state index contributed by atoms with van der Waals surface area (Å²) in [5.74, 6) is -0.167. The van der Waals surface area contributed by atoms with Crippen molar-refractivity contribution in [1.82, 2.24) is 10.2 Å². The molecule has 19 heavy (non-hydrogen) atoms. The molecule has 0 aromatic heterocycles. The van der Waals surface area contributed by atoms with Gasteiger partial charge < -0.3 is 10.2 Å². The standard InChI is InChI=1S/C14H19FN2O.ClH/c1-11(9-12-3-2-4-13(15)10-12)14(18)17-7-5-16-6-8-17;/h2-4,10-11,16H,5-9H2,1H3;1H. The van der Waals surface area contributed by atoms with E-state index in [9.17, 15) is 9.18 Å². The molecule has 106 valence electrons. The maximum Gasteiger partial charge on any atom is 0.225 e. The highest BCUT2D eigenvalue weighted by Crippen LogP contribution is 2.13. The van der Waals surface area contributed by atoms with Crippen LogP contribution in [0.1, 0.15) is 12.5 Å². The molecule has 1 aliphatic heterocycles. The van der Waals surface area contributed by atoms with Crippen molar-refractivity contribution in [3.8, 4) is 0 Å². The number of amides is 1. The zero-order valence-electron chi connectivity index (χ0n) is 11.1. The van der Waals surface area contributed by atoms with Gasteiger partial charge in [-0.05, 0) is 24.1 Å². The van der Waals surface area contributed by atoms with Crippen LogP contribution in [0.15, 0.2) is 24.3 Å². The van der Waals surface area contributed by atoms with E-state index in [1.165, 1.54) is 12.1 Å². The Morgan fingerprint density at radius 3 is 2.74 bits per heavy atom. The summed E-state index contributed by atoms with van der Waals surface area (Å²) in [6.45, 7) is 5.17. The van der Waals surface area contributed by atoms with Crippen molar-refractivity contribution in [2.24, 2.45) is 5.92 Å². The first-order valence-corrected chi connectivity index (χ1v) is 6.41. The van der Waals surface area contributed by atoms with Crippen LogP contribution in [0.4, 0.5) is 4.39 Å². The van der Waals surface area contributed by atoms with Crippen LogP contribution in [-0.4, -0.2) is 37.0 Å². The second-order valence-electron chi connectivity index (χ2n) is 4.81. The quantitative estimate of drug-likeness (QED) is 0.920. The number of rotatable bonds is 3. The number of carbonyl (C=O) groups is 1. The van der Waals surface area contributed by atoms with E-state index in [2.05, 4.69) is 5.32 Å². The van der Waals surface area contributed by atoms with Crippen molar-refractivity contribution < 1.29 is 9.18 Å². The molecular weight excluding hydrogens is 267 g/mol. The molecule has 1 amide bonds. The Bertz CT molecular complexity index is 422. The largest absolute Gasteiger partial charge is 0.340 e. The Morgan fingerprint density at radius 1 is 1.42 bits per heavy atom. The lowest BCUT2D eigenvalue weighted by Crippen LogP contribution is -2.48. The third-order valence-electron chi connectivity index (χ3n) is 3.28. The average molecular weight is 287 g/mol. The second kappa shape index (κ2) is 7.46. The van der Waals surface area contributed by atoms with Crippen LogP contribution in [0.3, 0.4) is 0 Å². The monoisotopic (exact) mass is 286 g/mol. The van der Waals surface area contributed by atoms with Crippen molar-refractivity contribution in [2.45, 2.75) is 13.3 Å². The lowest BCUT2D eigenvalue weighted by Gasteiger charge is -2.29. The van der Waals surface area contributed by atoms with Crippen LogP contribution in [0, 0.1) is 11.7 Å². The Balaban J connectivity index is 0.00000180. The van der Waals surface area contributed by atoms with E-state index < -0.39 is 0 Å². The molecule has 1 heterocycles. The highest BCUT2D eigenvalue weighted by Gasteiger charge is 2.22. The number of hydrogen-bond donors (Lipinski definition) is 1. The van der Waals surface area contributed by atoms with Gasteiger partial charge in [-0.1, -0.05) is 19.1 Å². The molecule has 1 unspecified atom stereocenters. The predicted molar refractivity (Wildman–Crippen MR) is 76.0 cm³/mol. The fourth-order valence-electron chi connectivity index (χ4n) is 2.30. The molecule has 0 spiro atoms. The van der Waals surface area contributed by atoms with Crippen LogP contribution in [0.2, 0.25) is 0 Å². The maximum absolute atomic E-state index is 13.1. The zero-order chi connectivity index (χ0) is 13.0. The molecule has 1 atom stereocenters. The highest BCUT2D eigenvalue weighted by molar-refractivity contribution is 5.85. The molecule has 1 aromatic carbocycles. The highest BCUT2D eigenvalue weighted by atomic mass is 35.5. The van der Waals surface area contributed by atoms with Gasteiger partial charge in [0.25, 0.3) is 0 Å². The number of nitrogens with zero attached hydrogens (tertiary/aromatic N) is 1. The molecule has 0 radical (unpaired) electrons. The molecule has 3 nitrogen and oxygen atoms in total. The average Bonchev–Trinajstić information content (AvgIpc) is 2.39. The van der Waals surface area contributed by atoms with Crippen molar-refractivity contribution in [1.29, 1.82) is 0 Å². The number of nitrogens with one attached hydrogen (secondary N) is 1. The summed E-state index contributed by atoms with van der Waals surface area (Å²) in [4.78, 5) is 14.1. The molecule has 2 rings (SSSR count). The Kier molecular flexibility index (Phi) is 6.25. The molecular formula is C14H20ClFN2O. The van der Waals surface area contributed by atoms with Gasteiger partial charge in [0.15, 0.2) is 0 Å². The van der Waals surface area contributed by atoms with Crippen LogP contribution in [0.5, 0.6) is 0 Å². The van der Waals surface area contributed by atoms with E-state index in [1.54, 1.807) is 6.07 Å². The first kappa shape index (κ1) is 15.9. The summed E-state index contributed by atoms with van der Waals surface area (Å²) in [5.41, 5.74) is 0.881. The molecule has 5 heteroatoms. The minimum absolute atomic E-state index is 0. The van der Waals surface area contributed by atoms with E-state index in [4.69, 9.17) is 0 Å². The molecule has 0 aliphatic carbocycles. The minimum atomic E-state index is -0.241. The number of piperazine rings is 1. The van der Waals surface area contributed by atoms with E-state index in [-0.39, 0.29) is 30.0 Å². The van der Waals surface area contributed by atoms with E-state index >= 15 is 0 Å². The third kappa shape index (κ3) is 4.48. The smallest absolute Gasteiger partial charge is 0.225 e. The lowest BCUT2D eigenvalue weighted by molar-refractivity contribution is -0.135. The minimum Gasteiger partial charge on any atom is -0.340 e. The second-order valence-corrected chi connectivity index (χ2v) is 4.81. The lowest BCUT2D eigenvalue weighted by atomic mass is 9.99. The van der Waals surface area contributed by atoms with Crippen molar-refractivity contribution in [2.75, 3.05) is 26.2 Å². The SMILES string of the molecule is CC(Cc1cccc(F)c1)C(=O)N1CCNCC1.Cl. The van der Waals surface area contributed by atoms with Crippen molar-refractivity contribution in [3.05, 3.63) is 35.6 Å². The van der Waals surface area contributed by atoms with Gasteiger partial charge in [0.05, 0.1) is 0 Å². The first-order valence-electron chi connectivity index (χ1n) is 6.41. The third-order valence-corrected chi connectivity index (χ3v) is 3.28. The summed E-state index contributed by atoms with van der Waals surface area (Å²) in [6.07, 6.45) is 0.598. The van der Waals surface area contributed by atoms with Crippen LogP contribution >= 0.6 is 12.4 Å². The van der Waals surface area contributed by atoms with Gasteiger partial charge in [-0.3, -0.25) is 4.79 Å². The van der Waals surface area contributed by atoms with Crippen LogP contribution < -0.4 is 5.32 Å². The summed E-state index contributed by atoms with van der Waals surface area (Å²) >= 11 is 0. The number of carbonyl (C=O) groups excluding carboxylic acids is 1. The molecule has 1 aromatic rings. The first-order chi connectivity index (χ1) is 8.66. The van der Waals surface area contributed by atoms with Crippen LogP contribution in [-0.2, 0) is 11.2 Å². The summed E-state index contributed by atoms with van der Waals surface area (Å²) < 4.78 is 13.1. The topological polar surface area (TPSA) is 32.3 Å². The van der Waals surface area contributed by atoms with Crippen molar-refractivity contribution >= 4 is 18.3 Å². The summed E-state index contributed by atoms with van der Waals surface area (Å²) in [5, 5.41) is 3.22. The number of hydrogen-bond acceptors (Lipinski definition) is 2. The molecule has 1 saturated heterocycles. The Hall–Kier alpha value is -1.13. The van der Waals surface area contributed by atoms with Gasteiger partial charge in [0, 0.05) is 32.1 Å². The predicted octanol–water partition coefficient (Wildman–Crippen LogP) is 1.86. The van der Waals surface area contributed by atoms with Gasteiger partial charge >= 0.3 is 0 Å². The Morgan fingerprint density at radius 2 is 2.11 bits per heavy atom. The molecule has 1 aliphatic rings. The molecule has 0 saturated carbocycles. The summed E-state index contributed by atoms with van der Waals surface area (Å²) in [7, 11) is 0. The normalized spacial score (nSPS) is 16.6. The maximum atomic E-state index is 13.1. The zero-order valence-corrected chi connectivity index (χ0v) is 11.9. The van der Waals surface area contributed by atoms with Gasteiger partial charge in [0.1, 0.15) is 5.82 Å². The van der Waals surface area contributed by atoms with E-state index in [1.807, 2.05) is 17.9 Å². The van der Waals surface area contributed by atoms with Crippen molar-refractivity contribution in [3.63, 3.8) is 0 Å². The van der Waals surface area contributed by atoms with Gasteiger partial charge in [-0.25, -0.2) is 4.39 Å². The van der Waals surface area contributed by atoms with Gasteiger partial charge in [-0.2, -0.15) is 0 Å². The summed E-state index contributed by atoms with van der Waals surface area (Å²) in [6, 6.07) is 6.48. The number of halogens is 2. The molecule has 1 N–H and O–H groups in total. The number of benzene rings is 1. The van der Waals surface area contributed by atoms with E-state index in [0.717, 1.165) is 31.7 Å². The Labute approximate surface area is 119 Å². The van der Waals surface area contributed by atoms with Crippen LogP contribution in [0.25, 0.3) is 0 Å². The van der Waals surface area contributed by atoms with Gasteiger partial charge in [-0.15, -0.1) is 12.4 Å². The van der Waals surface area contributed by atoms with E-state index in [0.29, 0.717) is 6.42 Å². The fourth-order valence-corrected chi connectivity index (χ4v) is 2.30. The molecule has 0 bridgehead atoms. The molecule has 1 fully saturated rings.